The second-order valence-electron chi connectivity index (χ2n) is 3.02. The summed E-state index contributed by atoms with van der Waals surface area (Å²) in [5, 5.41) is 2.40. The third-order valence-electron chi connectivity index (χ3n) is 1.74. The van der Waals surface area contributed by atoms with Gasteiger partial charge in [0.15, 0.2) is 0 Å². The van der Waals surface area contributed by atoms with Gasteiger partial charge in [-0.3, -0.25) is 9.59 Å². The van der Waals surface area contributed by atoms with Crippen molar-refractivity contribution in [1.82, 2.24) is 5.32 Å². The largest absolute Gasteiger partial charge is 0.368 e. The predicted molar refractivity (Wildman–Crippen MR) is 75.4 cm³/mol. The number of aryl methyl sites for hydroxylation is 1. The number of carbonyl (C=O) groups excluding carboxylic acids is 2. The average Bonchev–Trinajstić information content (AvgIpc) is 2.41. The molecule has 0 saturated heterocycles. The second kappa shape index (κ2) is 11.6. The lowest BCUT2D eigenvalue weighted by Crippen LogP contribution is -2.33. The summed E-state index contributed by atoms with van der Waals surface area (Å²) >= 11 is 0. The van der Waals surface area contributed by atoms with Gasteiger partial charge in [0.05, 0.1) is 6.54 Å². The Morgan fingerprint density at radius 1 is 1.06 bits per heavy atom. The third-order valence-corrected chi connectivity index (χ3v) is 1.74. The molecule has 4 heteroatoms. The maximum Gasteiger partial charge on any atom is 0.251 e. The number of nitrogens with one attached hydrogen (secondary N) is 1. The zero-order valence-corrected chi connectivity index (χ0v) is 11.9. The first-order chi connectivity index (χ1) is 8.59. The molecule has 0 unspecified atom stereocenters. The van der Waals surface area contributed by atoms with Crippen molar-refractivity contribution in [2.45, 2.75) is 34.6 Å². The average molecular weight is 252 g/mol. The topological polar surface area (TPSA) is 72.2 Å². The van der Waals surface area contributed by atoms with Crippen LogP contribution in [0.1, 0.15) is 43.6 Å². The molecule has 0 aliphatic heterocycles. The Balaban J connectivity index is 0. The van der Waals surface area contributed by atoms with Crippen molar-refractivity contribution < 1.29 is 9.59 Å². The third kappa shape index (κ3) is 8.33. The van der Waals surface area contributed by atoms with Crippen LogP contribution >= 0.6 is 0 Å². The van der Waals surface area contributed by atoms with Gasteiger partial charge in [0.2, 0.25) is 5.91 Å². The minimum Gasteiger partial charge on any atom is -0.368 e. The maximum absolute atomic E-state index is 11.3. The lowest BCUT2D eigenvalue weighted by Gasteiger charge is -2.02. The van der Waals surface area contributed by atoms with Gasteiger partial charge in [-0.25, -0.2) is 0 Å². The van der Waals surface area contributed by atoms with Gasteiger partial charge in [-0.2, -0.15) is 0 Å². The Hall–Kier alpha value is -1.84. The van der Waals surface area contributed by atoms with Crippen LogP contribution in [-0.2, 0) is 4.79 Å². The Morgan fingerprint density at radius 3 is 1.89 bits per heavy atom. The fourth-order valence-electron chi connectivity index (χ4n) is 0.974. The van der Waals surface area contributed by atoms with E-state index in [0.29, 0.717) is 5.56 Å². The van der Waals surface area contributed by atoms with Gasteiger partial charge in [0.25, 0.3) is 5.91 Å². The molecule has 1 aromatic rings. The zero-order chi connectivity index (χ0) is 14.6. The van der Waals surface area contributed by atoms with Crippen LogP contribution in [0.4, 0.5) is 0 Å². The van der Waals surface area contributed by atoms with Crippen LogP contribution in [0.15, 0.2) is 24.3 Å². The molecule has 0 spiro atoms. The van der Waals surface area contributed by atoms with Crippen LogP contribution in [0.2, 0.25) is 0 Å². The van der Waals surface area contributed by atoms with Crippen molar-refractivity contribution in [2.75, 3.05) is 6.54 Å². The van der Waals surface area contributed by atoms with Gasteiger partial charge in [-0.05, 0) is 19.1 Å². The van der Waals surface area contributed by atoms with Gasteiger partial charge >= 0.3 is 0 Å². The van der Waals surface area contributed by atoms with E-state index in [-0.39, 0.29) is 12.5 Å². The summed E-state index contributed by atoms with van der Waals surface area (Å²) in [5.41, 5.74) is 6.49. The van der Waals surface area contributed by atoms with E-state index in [1.165, 1.54) is 0 Å². The van der Waals surface area contributed by atoms with E-state index in [2.05, 4.69) is 5.32 Å². The van der Waals surface area contributed by atoms with Gasteiger partial charge in [0, 0.05) is 5.56 Å². The molecule has 0 saturated carbocycles. The minimum atomic E-state index is -0.550. The van der Waals surface area contributed by atoms with Crippen LogP contribution < -0.4 is 11.1 Å². The highest BCUT2D eigenvalue weighted by Gasteiger charge is 2.04. The fraction of sp³-hybridized carbons (Fsp3) is 0.429. The summed E-state index contributed by atoms with van der Waals surface area (Å²) in [5.74, 6) is -0.839. The summed E-state index contributed by atoms with van der Waals surface area (Å²) in [6.45, 7) is 9.80. The molecule has 0 aliphatic carbocycles. The normalized spacial score (nSPS) is 8.06. The van der Waals surface area contributed by atoms with Crippen LogP contribution in [0.3, 0.4) is 0 Å². The molecule has 0 heterocycles. The van der Waals surface area contributed by atoms with Crippen LogP contribution in [0.25, 0.3) is 0 Å². The molecular weight excluding hydrogens is 228 g/mol. The second-order valence-corrected chi connectivity index (χ2v) is 3.02. The van der Waals surface area contributed by atoms with Crippen molar-refractivity contribution in [3.8, 4) is 0 Å². The number of amides is 2. The van der Waals surface area contributed by atoms with Gasteiger partial charge in [-0.15, -0.1) is 0 Å². The van der Waals surface area contributed by atoms with E-state index in [1.807, 2.05) is 46.8 Å². The zero-order valence-electron chi connectivity index (χ0n) is 11.9. The van der Waals surface area contributed by atoms with Crippen molar-refractivity contribution in [3.63, 3.8) is 0 Å². The first-order valence-corrected chi connectivity index (χ1v) is 6.23. The van der Waals surface area contributed by atoms with E-state index in [1.54, 1.807) is 12.1 Å². The molecule has 0 bridgehead atoms. The van der Waals surface area contributed by atoms with E-state index in [4.69, 9.17) is 5.73 Å². The highest BCUT2D eigenvalue weighted by Crippen LogP contribution is 2.02. The Morgan fingerprint density at radius 2 is 1.50 bits per heavy atom. The lowest BCUT2D eigenvalue weighted by atomic mass is 10.1. The molecule has 3 N–H and O–H groups in total. The van der Waals surface area contributed by atoms with Gasteiger partial charge < -0.3 is 11.1 Å². The molecule has 0 aliphatic rings. The van der Waals surface area contributed by atoms with E-state index in [0.717, 1.165) is 5.56 Å². The molecule has 18 heavy (non-hydrogen) atoms. The van der Waals surface area contributed by atoms with Crippen LogP contribution in [0, 0.1) is 6.92 Å². The molecule has 0 aromatic heterocycles. The molecule has 1 rings (SSSR count). The lowest BCUT2D eigenvalue weighted by molar-refractivity contribution is -0.117. The molecule has 1 aromatic carbocycles. The molecule has 4 nitrogen and oxygen atoms in total. The number of hydrogen-bond donors (Lipinski definition) is 2. The summed E-state index contributed by atoms with van der Waals surface area (Å²) in [4.78, 5) is 21.7. The first kappa shape index (κ1) is 18.5. The SMILES string of the molecule is CC.CC.Cc1ccc(C(=O)NCC(N)=O)cc1. The molecular formula is C14H24N2O2. The smallest absolute Gasteiger partial charge is 0.251 e. The fourth-order valence-corrected chi connectivity index (χ4v) is 0.974. The van der Waals surface area contributed by atoms with Crippen molar-refractivity contribution in [1.29, 1.82) is 0 Å². The van der Waals surface area contributed by atoms with E-state index >= 15 is 0 Å². The Kier molecular flexibility index (Phi) is 12.0. The number of primary amides is 1. The van der Waals surface area contributed by atoms with Gasteiger partial charge in [0.1, 0.15) is 0 Å². The predicted octanol–water partition coefficient (Wildman–Crippen LogP) is 2.26. The molecule has 2 amide bonds. The Bertz CT molecular complexity index is 345. The minimum absolute atomic E-state index is 0.132. The van der Waals surface area contributed by atoms with Crippen LogP contribution in [0.5, 0.6) is 0 Å². The first-order valence-electron chi connectivity index (χ1n) is 6.23. The number of benzene rings is 1. The highest BCUT2D eigenvalue weighted by molar-refractivity contribution is 5.96. The summed E-state index contributed by atoms with van der Waals surface area (Å²) in [7, 11) is 0. The van der Waals surface area contributed by atoms with Crippen molar-refractivity contribution >= 4 is 11.8 Å². The number of nitrogens with two attached hydrogens (primary N) is 1. The molecule has 0 fully saturated rings. The molecule has 0 radical (unpaired) electrons. The molecule has 0 atom stereocenters. The standard InChI is InChI=1S/C10H12N2O2.2C2H6/c1-7-2-4-8(5-3-7)10(14)12-6-9(11)13;2*1-2/h2-5H,6H2,1H3,(H2,11,13)(H,12,14);2*1-2H3. The number of rotatable bonds is 3. The van der Waals surface area contributed by atoms with Crippen LogP contribution in [-0.4, -0.2) is 18.4 Å². The quantitative estimate of drug-likeness (QED) is 0.866. The number of hydrogen-bond acceptors (Lipinski definition) is 2. The maximum atomic E-state index is 11.3. The summed E-state index contributed by atoms with van der Waals surface area (Å²) < 4.78 is 0. The number of carbonyl (C=O) groups is 2. The summed E-state index contributed by atoms with van der Waals surface area (Å²) in [6.07, 6.45) is 0. The van der Waals surface area contributed by atoms with E-state index in [9.17, 15) is 9.59 Å². The van der Waals surface area contributed by atoms with Crippen molar-refractivity contribution in [3.05, 3.63) is 35.4 Å². The highest BCUT2D eigenvalue weighted by atomic mass is 16.2. The molecule has 102 valence electrons. The Labute approximate surface area is 110 Å². The van der Waals surface area contributed by atoms with Crippen molar-refractivity contribution in [2.24, 2.45) is 5.73 Å². The van der Waals surface area contributed by atoms with Gasteiger partial charge in [-0.1, -0.05) is 45.4 Å². The van der Waals surface area contributed by atoms with E-state index < -0.39 is 5.91 Å². The summed E-state index contributed by atoms with van der Waals surface area (Å²) in [6, 6.07) is 7.07. The monoisotopic (exact) mass is 252 g/mol.